The Hall–Kier alpha value is -2.78. The average Bonchev–Trinajstić information content (AvgIpc) is 2.81. The number of benzene rings is 3. The van der Waals surface area contributed by atoms with Crippen LogP contribution in [0.25, 0.3) is 0 Å². The Morgan fingerprint density at radius 3 is 2.10 bits per heavy atom. The summed E-state index contributed by atoms with van der Waals surface area (Å²) in [6.45, 7) is 6.18. The molecular weight excluding hydrogens is 380 g/mol. The third kappa shape index (κ3) is 8.10. The van der Waals surface area contributed by atoms with Gasteiger partial charge in [0.05, 0.1) is 5.69 Å². The molecule has 3 heteroatoms. The van der Waals surface area contributed by atoms with Crippen molar-refractivity contribution in [2.24, 2.45) is 0 Å². The molecule has 0 aromatic heterocycles. The molecule has 3 rings (SSSR count). The second kappa shape index (κ2) is 12.8. The predicted octanol–water partition coefficient (Wildman–Crippen LogP) is 6.13. The molecule has 0 unspecified atom stereocenters. The first kappa shape index (κ1) is 22.9. The minimum Gasteiger partial charge on any atom is -0.487 e. The number of anilines is 1. The lowest BCUT2D eigenvalue weighted by Crippen LogP contribution is -2.28. The Morgan fingerprint density at radius 2 is 1.42 bits per heavy atom. The van der Waals surface area contributed by atoms with Crippen LogP contribution in [-0.4, -0.2) is 24.5 Å². The highest BCUT2D eigenvalue weighted by atomic mass is 16.5. The van der Waals surface area contributed by atoms with Crippen molar-refractivity contribution in [2.75, 3.05) is 25.4 Å². The molecule has 31 heavy (non-hydrogen) atoms. The summed E-state index contributed by atoms with van der Waals surface area (Å²) in [5.41, 5.74) is 10.8. The van der Waals surface area contributed by atoms with Gasteiger partial charge in [0.25, 0.3) is 0 Å². The number of hydrogen-bond acceptors (Lipinski definition) is 3. The molecule has 0 saturated carbocycles. The molecule has 0 atom stereocenters. The molecule has 0 aliphatic heterocycles. The monoisotopic (exact) mass is 416 g/mol. The number of rotatable bonds is 13. The molecule has 2 N–H and O–H groups in total. The molecule has 0 fully saturated rings. The number of nitrogen functional groups attached to an aromatic ring is 1. The lowest BCUT2D eigenvalue weighted by molar-refractivity contribution is 0.271. The van der Waals surface area contributed by atoms with Crippen molar-refractivity contribution in [1.82, 2.24) is 4.90 Å². The van der Waals surface area contributed by atoms with E-state index < -0.39 is 0 Å². The fraction of sp³-hybridized carbons (Fsp3) is 0.357. The molecule has 0 amide bonds. The van der Waals surface area contributed by atoms with Crippen LogP contribution < -0.4 is 10.5 Å². The summed E-state index contributed by atoms with van der Waals surface area (Å²) < 4.78 is 5.91. The lowest BCUT2D eigenvalue weighted by atomic mass is 10.1. The van der Waals surface area contributed by atoms with Crippen molar-refractivity contribution >= 4 is 5.69 Å². The minimum atomic E-state index is 0.539. The summed E-state index contributed by atoms with van der Waals surface area (Å²) in [5.74, 6) is 0.763. The Balaban J connectivity index is 1.43. The Morgan fingerprint density at radius 1 is 0.710 bits per heavy atom. The topological polar surface area (TPSA) is 38.5 Å². The van der Waals surface area contributed by atoms with Crippen LogP contribution in [0.2, 0.25) is 0 Å². The van der Waals surface area contributed by atoms with E-state index >= 15 is 0 Å². The maximum atomic E-state index is 6.27. The van der Waals surface area contributed by atoms with Crippen molar-refractivity contribution in [3.05, 3.63) is 95.6 Å². The minimum absolute atomic E-state index is 0.539. The molecule has 0 aliphatic carbocycles. The molecule has 0 radical (unpaired) electrons. The van der Waals surface area contributed by atoms with Crippen molar-refractivity contribution in [3.63, 3.8) is 0 Å². The summed E-state index contributed by atoms with van der Waals surface area (Å²) in [6, 6.07) is 27.2. The third-order valence-corrected chi connectivity index (χ3v) is 5.60. The largest absolute Gasteiger partial charge is 0.487 e. The Labute approximate surface area is 187 Å². The number of nitrogens with two attached hydrogens (primary N) is 1. The highest BCUT2D eigenvalue weighted by Gasteiger charge is 2.07. The summed E-state index contributed by atoms with van der Waals surface area (Å²) in [5, 5.41) is 0. The number of ether oxygens (including phenoxy) is 1. The zero-order chi connectivity index (χ0) is 21.7. The van der Waals surface area contributed by atoms with Crippen molar-refractivity contribution in [3.8, 4) is 5.75 Å². The van der Waals surface area contributed by atoms with E-state index in [0.717, 1.165) is 43.1 Å². The van der Waals surface area contributed by atoms with Gasteiger partial charge in [0, 0.05) is 6.54 Å². The zero-order valence-corrected chi connectivity index (χ0v) is 18.8. The number of unbranched alkanes of at least 4 members (excludes halogenated alkanes) is 1. The maximum absolute atomic E-state index is 6.27. The van der Waals surface area contributed by atoms with Crippen LogP contribution in [0.4, 0.5) is 5.69 Å². The molecule has 3 aromatic rings. The second-order valence-corrected chi connectivity index (χ2v) is 8.18. The molecule has 0 saturated heterocycles. The summed E-state index contributed by atoms with van der Waals surface area (Å²) in [4.78, 5) is 2.58. The van der Waals surface area contributed by atoms with Gasteiger partial charge in [-0.05, 0) is 74.0 Å². The van der Waals surface area contributed by atoms with Crippen molar-refractivity contribution in [2.45, 2.75) is 45.6 Å². The van der Waals surface area contributed by atoms with E-state index in [1.807, 2.05) is 24.3 Å². The van der Waals surface area contributed by atoms with E-state index in [1.54, 1.807) is 0 Å². The molecule has 0 aliphatic rings. The first-order valence-corrected chi connectivity index (χ1v) is 11.6. The van der Waals surface area contributed by atoms with E-state index in [4.69, 9.17) is 10.5 Å². The molecule has 0 heterocycles. The smallest absolute Gasteiger partial charge is 0.142 e. The van der Waals surface area contributed by atoms with Crippen LogP contribution in [0.3, 0.4) is 0 Å². The van der Waals surface area contributed by atoms with Gasteiger partial charge in [-0.15, -0.1) is 0 Å². The van der Waals surface area contributed by atoms with Crippen LogP contribution in [0.15, 0.2) is 78.9 Å². The quantitative estimate of drug-likeness (QED) is 0.269. The van der Waals surface area contributed by atoms with Gasteiger partial charge in [-0.2, -0.15) is 0 Å². The van der Waals surface area contributed by atoms with Crippen LogP contribution in [0.1, 0.15) is 42.9 Å². The van der Waals surface area contributed by atoms with E-state index in [1.165, 1.54) is 36.8 Å². The van der Waals surface area contributed by atoms with Gasteiger partial charge in [0.15, 0.2) is 0 Å². The van der Waals surface area contributed by atoms with E-state index in [-0.39, 0.29) is 0 Å². The first-order chi connectivity index (χ1) is 15.2. The normalized spacial score (nSPS) is 11.0. The molecule has 0 bridgehead atoms. The molecule has 0 spiro atoms. The van der Waals surface area contributed by atoms with Gasteiger partial charge < -0.3 is 15.4 Å². The van der Waals surface area contributed by atoms with E-state index in [9.17, 15) is 0 Å². The number of hydrogen-bond donors (Lipinski definition) is 1. The van der Waals surface area contributed by atoms with Crippen molar-refractivity contribution in [1.29, 1.82) is 0 Å². The fourth-order valence-electron chi connectivity index (χ4n) is 3.87. The highest BCUT2D eigenvalue weighted by molar-refractivity contribution is 5.54. The van der Waals surface area contributed by atoms with E-state index in [0.29, 0.717) is 6.61 Å². The van der Waals surface area contributed by atoms with Gasteiger partial charge in [-0.3, -0.25) is 0 Å². The zero-order valence-electron chi connectivity index (χ0n) is 18.8. The SMILES string of the molecule is CCCN(CCCCc1ccccc1)CCc1ccc(OCc2ccccc2)c(N)c1. The van der Waals surface area contributed by atoms with Crippen LogP contribution >= 0.6 is 0 Å². The second-order valence-electron chi connectivity index (χ2n) is 8.18. The van der Waals surface area contributed by atoms with Crippen molar-refractivity contribution < 1.29 is 4.74 Å². The molecule has 164 valence electrons. The van der Waals surface area contributed by atoms with Gasteiger partial charge in [0.2, 0.25) is 0 Å². The summed E-state index contributed by atoms with van der Waals surface area (Å²) >= 11 is 0. The maximum Gasteiger partial charge on any atom is 0.142 e. The Kier molecular flexibility index (Phi) is 9.46. The third-order valence-electron chi connectivity index (χ3n) is 5.60. The van der Waals surface area contributed by atoms with Crippen LogP contribution in [-0.2, 0) is 19.4 Å². The fourth-order valence-corrected chi connectivity index (χ4v) is 3.87. The van der Waals surface area contributed by atoms with Crippen LogP contribution in [0.5, 0.6) is 5.75 Å². The van der Waals surface area contributed by atoms with Crippen LogP contribution in [0, 0.1) is 0 Å². The van der Waals surface area contributed by atoms with Gasteiger partial charge >= 0.3 is 0 Å². The molecule has 3 nitrogen and oxygen atoms in total. The standard InChI is InChI=1S/C28H36N2O/c1-2-19-30(20-10-9-13-24-11-5-3-6-12-24)21-18-25-16-17-28(27(29)22-25)31-23-26-14-7-4-8-15-26/h3-8,11-12,14-17,22H,2,9-10,13,18-21,23,29H2,1H3. The Bertz CT molecular complexity index is 880. The first-order valence-electron chi connectivity index (χ1n) is 11.6. The number of aryl methyl sites for hydroxylation is 1. The number of nitrogens with zero attached hydrogens (tertiary/aromatic N) is 1. The van der Waals surface area contributed by atoms with E-state index in [2.05, 4.69) is 66.4 Å². The van der Waals surface area contributed by atoms with Gasteiger partial charge in [-0.1, -0.05) is 73.7 Å². The van der Waals surface area contributed by atoms with Gasteiger partial charge in [0.1, 0.15) is 12.4 Å². The molecular formula is C28H36N2O. The lowest BCUT2D eigenvalue weighted by Gasteiger charge is -2.22. The average molecular weight is 417 g/mol. The summed E-state index contributed by atoms with van der Waals surface area (Å²) in [7, 11) is 0. The highest BCUT2D eigenvalue weighted by Crippen LogP contribution is 2.24. The molecule has 3 aromatic carbocycles. The summed E-state index contributed by atoms with van der Waals surface area (Å²) in [6.07, 6.45) is 5.85. The predicted molar refractivity (Wildman–Crippen MR) is 131 cm³/mol. The van der Waals surface area contributed by atoms with Gasteiger partial charge in [-0.25, -0.2) is 0 Å².